The average molecular weight is 1020 g/mol. The van der Waals surface area contributed by atoms with Crippen LogP contribution in [0.3, 0.4) is 0 Å². The molecule has 0 aromatic heterocycles. The van der Waals surface area contributed by atoms with Gasteiger partial charge in [-0.1, -0.05) is 48.9 Å². The number of hydrogen-bond acceptors (Lipinski definition) is 0. The minimum absolute atomic E-state index is 0. The Hall–Kier alpha value is -5.78. The van der Waals surface area contributed by atoms with Crippen LogP contribution in [0.1, 0.15) is 42.5 Å². The molecule has 13 heteroatoms. The monoisotopic (exact) mass is 1020 g/mol. The Morgan fingerprint density at radius 2 is 0.926 bits per heavy atom. The molecule has 68 heavy (non-hydrogen) atoms. The van der Waals surface area contributed by atoms with Crippen molar-refractivity contribution in [3.05, 3.63) is 234 Å². The van der Waals surface area contributed by atoms with Gasteiger partial charge in [0.1, 0.15) is 0 Å². The molecule has 8 aromatic carbocycles. The van der Waals surface area contributed by atoms with Gasteiger partial charge in [0, 0.05) is 0 Å². The van der Waals surface area contributed by atoms with Crippen molar-refractivity contribution in [1.82, 2.24) is 0 Å². The Labute approximate surface area is 411 Å². The van der Waals surface area contributed by atoms with Gasteiger partial charge in [-0.25, -0.2) is 0 Å². The van der Waals surface area contributed by atoms with Gasteiger partial charge in [0.25, 0.3) is 0 Å². The Morgan fingerprint density at radius 3 is 1.44 bits per heavy atom. The van der Waals surface area contributed by atoms with Crippen molar-refractivity contribution in [2.24, 2.45) is 0 Å². The zero-order chi connectivity index (χ0) is 46.3. The fraction of sp³-hybridized carbons (Fsp3) is 0.0909. The number of aryl methyl sites for hydroxylation is 1. The van der Waals surface area contributed by atoms with Crippen molar-refractivity contribution in [1.29, 1.82) is 0 Å². The van der Waals surface area contributed by atoms with Crippen LogP contribution in [-0.2, 0) is 32.6 Å². The molecule has 0 saturated heterocycles. The second kappa shape index (κ2) is 22.1. The van der Waals surface area contributed by atoms with E-state index in [4.69, 9.17) is 0 Å². The van der Waals surface area contributed by atoms with Gasteiger partial charge in [-0.3, -0.25) is 0 Å². The maximum atomic E-state index is 15.7. The van der Waals surface area contributed by atoms with Crippen LogP contribution in [0.15, 0.2) is 139 Å². The number of fused-ring (bicyclic) bond motifs is 2. The van der Waals surface area contributed by atoms with E-state index < -0.39 is 89.1 Å². The third-order valence-corrected chi connectivity index (χ3v) is 13.6. The van der Waals surface area contributed by atoms with Crippen LogP contribution in [0.25, 0.3) is 49.7 Å². The fourth-order valence-electron chi connectivity index (χ4n) is 8.49. The summed E-state index contributed by atoms with van der Waals surface area (Å²) in [7, 11) is -1.60. The van der Waals surface area contributed by atoms with Crippen molar-refractivity contribution in [3.8, 4) is 33.4 Å². The Kier molecular flexibility index (Phi) is 17.3. The van der Waals surface area contributed by atoms with E-state index in [0.717, 1.165) is 17.7 Å². The third-order valence-electron chi connectivity index (χ3n) is 11.6. The zero-order valence-corrected chi connectivity index (χ0v) is 40.9. The van der Waals surface area contributed by atoms with E-state index in [9.17, 15) is 26.3 Å². The Morgan fingerprint density at radius 1 is 0.456 bits per heavy atom. The number of halogens is 10. The first-order valence-corrected chi connectivity index (χ1v) is 22.7. The molecule has 0 unspecified atom stereocenters. The molecule has 0 nitrogen and oxygen atoms in total. The molecule has 2 radical (unpaired) electrons. The van der Waals surface area contributed by atoms with Gasteiger partial charge in [-0.2, -0.15) is 6.07 Å². The topological polar surface area (TPSA) is 0 Å². The summed E-state index contributed by atoms with van der Waals surface area (Å²) in [5, 5.41) is 3.64. The van der Waals surface area contributed by atoms with Crippen molar-refractivity contribution >= 4 is 42.2 Å². The number of allylic oxidation sites excluding steroid dienone is 1. The maximum absolute atomic E-state index is 15.7. The van der Waals surface area contributed by atoms with Gasteiger partial charge < -0.3 is 14.9 Å². The van der Waals surface area contributed by atoms with E-state index in [-0.39, 0.29) is 75.3 Å². The van der Waals surface area contributed by atoms with Crippen LogP contribution in [0.5, 0.6) is 0 Å². The van der Waals surface area contributed by atoms with E-state index in [1.54, 1.807) is 13.0 Å². The van der Waals surface area contributed by atoms with Crippen molar-refractivity contribution in [2.45, 2.75) is 33.2 Å². The predicted octanol–water partition coefficient (Wildman–Crippen LogP) is 15.1. The largest absolute Gasteiger partial charge is 3.00 e. The molecule has 0 fully saturated rings. The summed E-state index contributed by atoms with van der Waals surface area (Å²) in [6.45, 7) is 7.54. The van der Waals surface area contributed by atoms with Crippen molar-refractivity contribution < 1.29 is 70.1 Å². The van der Waals surface area contributed by atoms with Gasteiger partial charge in [0.15, 0.2) is 0 Å². The molecule has 1 aliphatic carbocycles. The normalized spacial score (nSPS) is 12.2. The summed E-state index contributed by atoms with van der Waals surface area (Å²) in [5.41, 5.74) is 0.814. The predicted molar refractivity (Wildman–Crippen MR) is 254 cm³/mol. The SMILES string of the molecule is CCC1=C(c2c(F)c(F)c(F)c(F)c2F)c2c(ccc(-c3c(F)c(F)c(F)c(F)c3F)c2-c2ccccc2)C1=B[Si](C)c1ccccc1.CCc1cc2c(-c3ccccc3)cccc2[cH-]1.[CH3-].[CH3-].[Zr+3]. The smallest absolute Gasteiger partial charge is 0.358 e. The summed E-state index contributed by atoms with van der Waals surface area (Å²) in [4.78, 5) is 0. The molecule has 0 atom stereocenters. The van der Waals surface area contributed by atoms with Crippen molar-refractivity contribution in [2.75, 3.05) is 0 Å². The van der Waals surface area contributed by atoms with E-state index in [1.165, 1.54) is 57.8 Å². The van der Waals surface area contributed by atoms with Gasteiger partial charge in [-0.05, 0) is 12.0 Å². The summed E-state index contributed by atoms with van der Waals surface area (Å²) < 4.78 is 149. The van der Waals surface area contributed by atoms with Crippen LogP contribution >= 0.6 is 0 Å². The molecule has 0 N–H and O–H groups in total. The second-order valence-corrected chi connectivity index (χ2v) is 17.6. The molecular weight excluding hydrogens is 981 g/mol. The van der Waals surface area contributed by atoms with E-state index in [1.807, 2.05) is 43.4 Å². The van der Waals surface area contributed by atoms with E-state index >= 15 is 17.6 Å². The Bertz CT molecular complexity index is 3130. The quantitative estimate of drug-likeness (QED) is 0.0468. The molecule has 0 aliphatic heterocycles. The molecule has 0 amide bonds. The minimum Gasteiger partial charge on any atom is -0.358 e. The molecule has 0 spiro atoms. The van der Waals surface area contributed by atoms with E-state index in [2.05, 4.69) is 67.6 Å². The molecule has 8 aromatic rings. The number of benzene rings is 7. The van der Waals surface area contributed by atoms with Crippen LogP contribution in [0, 0.1) is 73.0 Å². The average Bonchev–Trinajstić information content (AvgIpc) is 3.91. The summed E-state index contributed by atoms with van der Waals surface area (Å²) in [6, 6.07) is 40.7. The van der Waals surface area contributed by atoms with E-state index in [0.29, 0.717) is 5.46 Å². The molecule has 0 heterocycles. The van der Waals surface area contributed by atoms with Gasteiger partial charge in [-0.15, -0.1) is 34.5 Å². The molecule has 342 valence electrons. The molecule has 0 saturated carbocycles. The van der Waals surface area contributed by atoms with Gasteiger partial charge in [0.05, 0.1) is 0 Å². The molecule has 9 rings (SSSR count). The Balaban J connectivity index is 0.000000363. The number of rotatable bonds is 8. The third kappa shape index (κ3) is 9.49. The molecule has 0 bridgehead atoms. The summed E-state index contributed by atoms with van der Waals surface area (Å²) >= 11 is 0. The first-order chi connectivity index (χ1) is 31.3. The fourth-order valence-corrected chi connectivity index (χ4v) is 10.1. The maximum Gasteiger partial charge on any atom is 3.00 e. The first kappa shape index (κ1) is 53.2. The standard InChI is InChI=1S/C36H20BF10Si.C17H15.2CH3.Zr/c1-3-18-22(25-29(40)33(44)36(47)34(45)30(25)41)23-20(26(18)37-48(2)17-12-8-5-9-13-17)15-14-19(21(23)16-10-6-4-7-11-16)24-27(38)31(42)35(46)32(43)28(24)39;1-2-13-11-15-9-6-10-16(17(15)12-13)14-7-4-3-5-8-14;;;/h4-15H,3H2,1-2H3;3-12H,2H2,1H3;2*1H3;/q;3*-1;+3. The van der Waals surface area contributed by atoms with Crippen LogP contribution in [0.2, 0.25) is 6.55 Å². The minimum atomic E-state index is -2.39. The molecule has 1 aliphatic rings. The zero-order valence-electron chi connectivity index (χ0n) is 37.5. The van der Waals surface area contributed by atoms with Crippen molar-refractivity contribution in [3.63, 3.8) is 0 Å². The number of hydrogen-bond donors (Lipinski definition) is 0. The summed E-state index contributed by atoms with van der Waals surface area (Å²) in [6.07, 6.45) is 1.09. The van der Waals surface area contributed by atoms with Crippen LogP contribution < -0.4 is 5.19 Å². The van der Waals surface area contributed by atoms with Gasteiger partial charge >= 0.3 is 297 Å². The van der Waals surface area contributed by atoms with Crippen LogP contribution in [-0.4, -0.2) is 20.6 Å². The van der Waals surface area contributed by atoms with Crippen LogP contribution in [0.4, 0.5) is 43.9 Å². The summed E-state index contributed by atoms with van der Waals surface area (Å²) in [5.74, 6) is -22.3. The second-order valence-electron chi connectivity index (χ2n) is 15.4. The van der Waals surface area contributed by atoms with Gasteiger partial charge in [0.2, 0.25) is 0 Å². The first-order valence-electron chi connectivity index (χ1n) is 20.6. The molecular formula is C55H41BF10SiZr.